The molecule has 2 fully saturated rings. The first-order valence-corrected chi connectivity index (χ1v) is 14.4. The number of ether oxygens (including phenoxy) is 5. The summed E-state index contributed by atoms with van der Waals surface area (Å²) in [5.41, 5.74) is 2.62. The number of aromatic hydroxyl groups is 2. The van der Waals surface area contributed by atoms with Crippen molar-refractivity contribution in [2.24, 2.45) is 0 Å². The van der Waals surface area contributed by atoms with Gasteiger partial charge in [0.15, 0.2) is 30.2 Å². The minimum Gasteiger partial charge on any atom is -0.504 e. The van der Waals surface area contributed by atoms with E-state index in [0.29, 0.717) is 5.56 Å². The van der Waals surface area contributed by atoms with Crippen molar-refractivity contribution in [1.82, 2.24) is 0 Å². The van der Waals surface area contributed by atoms with Crippen molar-refractivity contribution in [3.8, 4) is 11.5 Å². The third-order valence-corrected chi connectivity index (χ3v) is 7.34. The quantitative estimate of drug-likeness (QED) is 0.0752. The molecule has 0 spiro atoms. The summed E-state index contributed by atoms with van der Waals surface area (Å²) in [7, 11) is 0. The molecule has 2 aliphatic heterocycles. The number of hydrogen-bond acceptors (Lipinski definition) is 13. The second-order valence-electron chi connectivity index (χ2n) is 11.2. The van der Waals surface area contributed by atoms with Crippen LogP contribution in [0.3, 0.4) is 0 Å². The lowest BCUT2D eigenvalue weighted by Crippen LogP contribution is -2.65. The number of carbonyl (C=O) groups excluding carboxylic acids is 1. The average Bonchev–Trinajstić information content (AvgIpc) is 2.97. The summed E-state index contributed by atoms with van der Waals surface area (Å²) in [5.74, 6) is -1.67. The number of rotatable bonds is 12. The van der Waals surface area contributed by atoms with Gasteiger partial charge in [0.25, 0.3) is 0 Å². The Hall–Kier alpha value is -2.85. The molecular weight excluding hydrogens is 580 g/mol. The summed E-state index contributed by atoms with van der Waals surface area (Å²) < 4.78 is 28.5. The molecule has 10 atom stereocenters. The van der Waals surface area contributed by atoms with E-state index in [9.17, 15) is 40.5 Å². The van der Waals surface area contributed by atoms with Crippen LogP contribution in [0.15, 0.2) is 47.6 Å². The van der Waals surface area contributed by atoms with Crippen LogP contribution in [0.5, 0.6) is 11.5 Å². The molecular formula is C31H44O13. The Morgan fingerprint density at radius 3 is 2.30 bits per heavy atom. The minimum absolute atomic E-state index is 0.0460. The summed E-state index contributed by atoms with van der Waals surface area (Å²) in [4.78, 5) is 12.8. The fraction of sp³-hybridized carbons (Fsp3) is 0.581. The zero-order valence-corrected chi connectivity index (χ0v) is 25.2. The Morgan fingerprint density at radius 1 is 0.909 bits per heavy atom. The average molecular weight is 625 g/mol. The van der Waals surface area contributed by atoms with Gasteiger partial charge >= 0.3 is 5.97 Å². The highest BCUT2D eigenvalue weighted by molar-refractivity contribution is 5.87. The van der Waals surface area contributed by atoms with Crippen molar-refractivity contribution >= 4 is 12.0 Å². The van der Waals surface area contributed by atoms with E-state index < -0.39 is 79.7 Å². The van der Waals surface area contributed by atoms with E-state index >= 15 is 0 Å². The molecule has 0 bridgehead atoms. The second-order valence-corrected chi connectivity index (χ2v) is 11.2. The van der Waals surface area contributed by atoms with Gasteiger partial charge in [-0.2, -0.15) is 0 Å². The highest BCUT2D eigenvalue weighted by Gasteiger charge is 2.52. The Morgan fingerprint density at radius 2 is 1.64 bits per heavy atom. The van der Waals surface area contributed by atoms with Crippen LogP contribution in [0.1, 0.15) is 46.1 Å². The second kappa shape index (κ2) is 16.5. The molecule has 1 aromatic rings. The smallest absolute Gasteiger partial charge is 0.331 e. The maximum Gasteiger partial charge on any atom is 0.331 e. The van der Waals surface area contributed by atoms with Crippen molar-refractivity contribution in [3.63, 3.8) is 0 Å². The first kappa shape index (κ1) is 35.6. The number of aliphatic hydroxyl groups is 5. The number of phenols is 2. The van der Waals surface area contributed by atoms with E-state index in [1.165, 1.54) is 36.8 Å². The predicted molar refractivity (Wildman–Crippen MR) is 156 cm³/mol. The number of carbonyl (C=O) groups is 1. The van der Waals surface area contributed by atoms with Crippen molar-refractivity contribution < 1.29 is 64.2 Å². The Kier molecular flexibility index (Phi) is 13.3. The van der Waals surface area contributed by atoms with Gasteiger partial charge in [-0.25, -0.2) is 4.79 Å². The fourth-order valence-electron chi connectivity index (χ4n) is 4.71. The minimum atomic E-state index is -1.73. The topological polar surface area (TPSA) is 205 Å². The highest BCUT2D eigenvalue weighted by atomic mass is 16.7. The van der Waals surface area contributed by atoms with E-state index in [2.05, 4.69) is 6.08 Å². The lowest BCUT2D eigenvalue weighted by molar-refractivity contribution is -0.356. The molecule has 0 aliphatic carbocycles. The fourth-order valence-corrected chi connectivity index (χ4v) is 4.71. The molecule has 0 saturated carbocycles. The van der Waals surface area contributed by atoms with Gasteiger partial charge in [0.05, 0.1) is 19.3 Å². The monoisotopic (exact) mass is 624 g/mol. The van der Waals surface area contributed by atoms with E-state index in [0.717, 1.165) is 24.5 Å². The van der Waals surface area contributed by atoms with Crippen LogP contribution >= 0.6 is 0 Å². The van der Waals surface area contributed by atoms with E-state index in [1.807, 2.05) is 26.8 Å². The number of esters is 1. The van der Waals surface area contributed by atoms with Crippen LogP contribution in [-0.4, -0.2) is 116 Å². The molecule has 1 aromatic carbocycles. The maximum absolute atomic E-state index is 12.8. The summed E-state index contributed by atoms with van der Waals surface area (Å²) in [6.45, 7) is 6.79. The normalized spacial score (nSPS) is 32.9. The lowest BCUT2D eigenvalue weighted by atomic mass is 9.97. The van der Waals surface area contributed by atoms with Gasteiger partial charge in [0, 0.05) is 6.08 Å². The zero-order valence-electron chi connectivity index (χ0n) is 25.2. The molecule has 13 heteroatoms. The summed E-state index contributed by atoms with van der Waals surface area (Å²) >= 11 is 0. The predicted octanol–water partition coefficient (Wildman–Crippen LogP) is 1.02. The van der Waals surface area contributed by atoms with Gasteiger partial charge < -0.3 is 59.4 Å². The Balaban J connectivity index is 1.80. The number of phenolic OH excluding ortho intramolecular Hbond substituents is 2. The molecule has 0 radical (unpaired) electrons. The molecule has 0 aromatic heterocycles. The first-order chi connectivity index (χ1) is 20.8. The Labute approximate surface area is 256 Å². The molecule has 2 aliphatic rings. The molecule has 246 valence electrons. The third kappa shape index (κ3) is 9.57. The van der Waals surface area contributed by atoms with Crippen molar-refractivity contribution in [1.29, 1.82) is 0 Å². The van der Waals surface area contributed by atoms with Gasteiger partial charge in [-0.3, -0.25) is 0 Å². The SMILES string of the molecule is CC(C)=CCC/C(C)=C/COC1OC(CO)C(OC(=O)/C=C/c2ccc(O)c(O)c2)C(OC2OC(C)C(O)C(O)C2O)C1O. The van der Waals surface area contributed by atoms with Crippen molar-refractivity contribution in [3.05, 3.63) is 53.1 Å². The maximum atomic E-state index is 12.8. The molecule has 13 nitrogen and oxygen atoms in total. The molecule has 0 amide bonds. The van der Waals surface area contributed by atoms with Gasteiger partial charge in [0.1, 0.15) is 36.6 Å². The number of hydrogen-bond donors (Lipinski definition) is 7. The zero-order chi connectivity index (χ0) is 32.6. The van der Waals surface area contributed by atoms with Crippen LogP contribution in [0.2, 0.25) is 0 Å². The van der Waals surface area contributed by atoms with Crippen LogP contribution in [0.4, 0.5) is 0 Å². The van der Waals surface area contributed by atoms with Crippen molar-refractivity contribution in [2.75, 3.05) is 13.2 Å². The summed E-state index contributed by atoms with van der Waals surface area (Å²) in [6.07, 6.45) is -6.53. The summed E-state index contributed by atoms with van der Waals surface area (Å²) in [6, 6.07) is 3.90. The number of allylic oxidation sites excluding steroid dienone is 3. The van der Waals surface area contributed by atoms with E-state index in [1.54, 1.807) is 0 Å². The molecule has 3 rings (SSSR count). The van der Waals surface area contributed by atoms with E-state index in [-0.39, 0.29) is 12.4 Å². The van der Waals surface area contributed by atoms with Gasteiger partial charge in [-0.1, -0.05) is 29.4 Å². The molecule has 2 saturated heterocycles. The van der Waals surface area contributed by atoms with E-state index in [4.69, 9.17) is 23.7 Å². The largest absolute Gasteiger partial charge is 0.504 e. The standard InChI is InChI=1S/C31H44O13/c1-16(2)6-5-7-17(3)12-13-40-30-27(39)29(44-31-26(38)25(37)24(36)18(4)41-31)28(22(15-32)42-30)43-23(35)11-9-19-8-10-20(33)21(34)14-19/h6,8-12,14,18,22,24-34,36-39H,5,7,13,15H2,1-4H3/b11-9+,17-12+. The first-order valence-electron chi connectivity index (χ1n) is 14.4. The highest BCUT2D eigenvalue weighted by Crippen LogP contribution is 2.31. The number of aliphatic hydroxyl groups excluding tert-OH is 5. The third-order valence-electron chi connectivity index (χ3n) is 7.34. The van der Waals surface area contributed by atoms with Gasteiger partial charge in [-0.15, -0.1) is 0 Å². The van der Waals surface area contributed by atoms with Crippen LogP contribution in [-0.2, 0) is 28.5 Å². The van der Waals surface area contributed by atoms with Gasteiger partial charge in [0.2, 0.25) is 0 Å². The summed E-state index contributed by atoms with van der Waals surface area (Å²) in [5, 5.41) is 71.5. The molecule has 2 heterocycles. The van der Waals surface area contributed by atoms with Crippen LogP contribution in [0.25, 0.3) is 6.08 Å². The molecule has 10 unspecified atom stereocenters. The molecule has 44 heavy (non-hydrogen) atoms. The Bertz CT molecular complexity index is 1180. The van der Waals surface area contributed by atoms with Crippen LogP contribution < -0.4 is 0 Å². The van der Waals surface area contributed by atoms with Gasteiger partial charge in [-0.05, 0) is 64.3 Å². The van der Waals surface area contributed by atoms with Crippen LogP contribution in [0, 0.1) is 0 Å². The number of benzene rings is 1. The lowest BCUT2D eigenvalue weighted by Gasteiger charge is -2.46. The molecule has 7 N–H and O–H groups in total. The van der Waals surface area contributed by atoms with Crippen molar-refractivity contribution in [2.45, 2.75) is 102 Å².